The van der Waals surface area contributed by atoms with Crippen molar-refractivity contribution in [3.63, 3.8) is 0 Å². The summed E-state index contributed by atoms with van der Waals surface area (Å²) in [4.78, 5) is 31.2. The third-order valence-corrected chi connectivity index (χ3v) is 5.11. The first-order valence-corrected chi connectivity index (χ1v) is 9.98. The molecule has 0 spiro atoms. The van der Waals surface area contributed by atoms with Crippen molar-refractivity contribution in [2.45, 2.75) is 39.7 Å². The number of ether oxygens (including phenoxy) is 1. The highest BCUT2D eigenvalue weighted by Gasteiger charge is 2.18. The maximum absolute atomic E-state index is 12.3. The number of esters is 1. The molecule has 0 bridgehead atoms. The van der Waals surface area contributed by atoms with Crippen LogP contribution < -0.4 is 5.32 Å². The van der Waals surface area contributed by atoms with E-state index in [1.54, 1.807) is 6.92 Å². The second-order valence-corrected chi connectivity index (χ2v) is 7.45. The molecule has 2 aromatic rings. The van der Waals surface area contributed by atoms with Gasteiger partial charge in [-0.2, -0.15) is 0 Å². The van der Waals surface area contributed by atoms with Gasteiger partial charge in [0.25, 0.3) is 0 Å². The van der Waals surface area contributed by atoms with Gasteiger partial charge >= 0.3 is 5.97 Å². The van der Waals surface area contributed by atoms with Crippen LogP contribution in [-0.2, 0) is 16.1 Å². The molecule has 0 aliphatic rings. The van der Waals surface area contributed by atoms with Crippen LogP contribution in [-0.4, -0.2) is 41.9 Å². The van der Waals surface area contributed by atoms with Crippen LogP contribution in [0.15, 0.2) is 30.3 Å². The van der Waals surface area contributed by atoms with Crippen molar-refractivity contribution in [2.75, 3.05) is 25.5 Å². The number of thiazole rings is 1. The highest BCUT2D eigenvalue weighted by Crippen LogP contribution is 2.24. The third kappa shape index (κ3) is 7.11. The second-order valence-electron chi connectivity index (χ2n) is 6.45. The van der Waals surface area contributed by atoms with E-state index in [9.17, 15) is 9.59 Å². The number of carbonyl (C=O) groups excluding carboxylic acids is 2. The lowest BCUT2D eigenvalue weighted by molar-refractivity contribution is -0.116. The van der Waals surface area contributed by atoms with Gasteiger partial charge in [0.1, 0.15) is 11.5 Å². The second kappa shape index (κ2) is 10.8. The number of nitrogens with zero attached hydrogens (tertiary/aromatic N) is 2. The molecule has 146 valence electrons. The van der Waals surface area contributed by atoms with Gasteiger partial charge in [0.05, 0.1) is 5.69 Å². The first kappa shape index (κ1) is 21.1. The van der Waals surface area contributed by atoms with Gasteiger partial charge in [-0.3, -0.25) is 4.79 Å². The molecule has 27 heavy (non-hydrogen) atoms. The molecule has 7 heteroatoms. The number of anilines is 1. The van der Waals surface area contributed by atoms with Gasteiger partial charge in [0, 0.05) is 13.0 Å². The molecule has 0 saturated heterocycles. The molecule has 0 unspecified atom stereocenters. The molecule has 0 aliphatic carbocycles. The summed E-state index contributed by atoms with van der Waals surface area (Å²) >= 11 is 1.15. The Kier molecular flexibility index (Phi) is 8.42. The van der Waals surface area contributed by atoms with E-state index in [0.717, 1.165) is 36.3 Å². The summed E-state index contributed by atoms with van der Waals surface area (Å²) in [7, 11) is 2.01. The fourth-order valence-corrected chi connectivity index (χ4v) is 3.32. The molecule has 1 amide bonds. The van der Waals surface area contributed by atoms with Crippen molar-refractivity contribution < 1.29 is 14.3 Å². The van der Waals surface area contributed by atoms with Crippen molar-refractivity contribution in [2.24, 2.45) is 0 Å². The van der Waals surface area contributed by atoms with Gasteiger partial charge in [-0.05, 0) is 32.5 Å². The molecule has 0 aliphatic heterocycles. The average Bonchev–Trinajstić information content (AvgIpc) is 3.03. The standard InChI is InChI=1S/C20H27N3O3S/c1-4-5-12-23(3)13-11-17(24)22-20-21-15(2)18(27-20)19(25)26-14-16-9-7-6-8-10-16/h6-10H,4-5,11-14H2,1-3H3,(H,21,22,24). The molecule has 1 N–H and O–H groups in total. The molecule has 1 aromatic carbocycles. The van der Waals surface area contributed by atoms with E-state index in [-0.39, 0.29) is 12.5 Å². The van der Waals surface area contributed by atoms with Crippen LogP contribution in [0.2, 0.25) is 0 Å². The summed E-state index contributed by atoms with van der Waals surface area (Å²) in [5.41, 5.74) is 1.49. The number of aryl methyl sites for hydroxylation is 1. The minimum Gasteiger partial charge on any atom is -0.457 e. The number of rotatable bonds is 10. The topological polar surface area (TPSA) is 71.5 Å². The number of nitrogens with one attached hydrogen (secondary N) is 1. The van der Waals surface area contributed by atoms with Crippen molar-refractivity contribution in [3.8, 4) is 0 Å². The Bertz CT molecular complexity index is 746. The lowest BCUT2D eigenvalue weighted by Crippen LogP contribution is -2.25. The van der Waals surface area contributed by atoms with Gasteiger partial charge in [-0.1, -0.05) is 55.0 Å². The molecule has 0 radical (unpaired) electrons. The Hall–Kier alpha value is -2.25. The van der Waals surface area contributed by atoms with E-state index in [2.05, 4.69) is 22.1 Å². The van der Waals surface area contributed by atoms with Gasteiger partial charge in [-0.15, -0.1) is 0 Å². The summed E-state index contributed by atoms with van der Waals surface area (Å²) in [5.74, 6) is -0.523. The van der Waals surface area contributed by atoms with E-state index in [1.807, 2.05) is 37.4 Å². The zero-order valence-corrected chi connectivity index (χ0v) is 17.0. The summed E-state index contributed by atoms with van der Waals surface area (Å²) in [6.45, 7) is 5.78. The Morgan fingerprint density at radius 2 is 1.96 bits per heavy atom. The molecular weight excluding hydrogens is 362 g/mol. The maximum atomic E-state index is 12.3. The van der Waals surface area contributed by atoms with E-state index in [4.69, 9.17) is 4.74 Å². The molecule has 0 saturated carbocycles. The summed E-state index contributed by atoms with van der Waals surface area (Å²) < 4.78 is 5.34. The Morgan fingerprint density at radius 1 is 1.22 bits per heavy atom. The monoisotopic (exact) mass is 389 g/mol. The summed E-state index contributed by atoms with van der Waals surface area (Å²) in [6, 6.07) is 9.50. The van der Waals surface area contributed by atoms with Gasteiger partial charge in [0.2, 0.25) is 5.91 Å². The van der Waals surface area contributed by atoms with Crippen molar-refractivity contribution in [1.82, 2.24) is 9.88 Å². The lowest BCUT2D eigenvalue weighted by Gasteiger charge is -2.15. The van der Waals surface area contributed by atoms with Crippen LogP contribution in [0.1, 0.15) is 47.1 Å². The quantitative estimate of drug-likeness (QED) is 0.625. The normalized spacial score (nSPS) is 10.8. The molecule has 1 aromatic heterocycles. The number of hydrogen-bond acceptors (Lipinski definition) is 6. The molecular formula is C20H27N3O3S. The Balaban J connectivity index is 1.84. The number of amides is 1. The van der Waals surface area contributed by atoms with Crippen LogP contribution in [0.25, 0.3) is 0 Å². The molecule has 0 atom stereocenters. The SMILES string of the molecule is CCCCN(C)CCC(=O)Nc1nc(C)c(C(=O)OCc2ccccc2)s1. The molecule has 6 nitrogen and oxygen atoms in total. The smallest absolute Gasteiger partial charge is 0.350 e. The minimum absolute atomic E-state index is 0.101. The summed E-state index contributed by atoms with van der Waals surface area (Å²) in [5, 5.41) is 3.21. The zero-order valence-electron chi connectivity index (χ0n) is 16.2. The number of benzene rings is 1. The van der Waals surface area contributed by atoms with E-state index in [1.165, 1.54) is 0 Å². The van der Waals surface area contributed by atoms with Crippen molar-refractivity contribution >= 4 is 28.3 Å². The molecule has 2 rings (SSSR count). The summed E-state index contributed by atoms with van der Waals surface area (Å²) in [6.07, 6.45) is 2.66. The molecule has 0 fully saturated rings. The predicted octanol–water partition coefficient (Wildman–Crippen LogP) is 3.87. The zero-order chi connectivity index (χ0) is 19.6. The number of carbonyl (C=O) groups is 2. The average molecular weight is 390 g/mol. The fraction of sp³-hybridized carbons (Fsp3) is 0.450. The Labute approximate surface area is 164 Å². The number of hydrogen-bond donors (Lipinski definition) is 1. The fourth-order valence-electron chi connectivity index (χ4n) is 2.44. The first-order valence-electron chi connectivity index (χ1n) is 9.16. The third-order valence-electron chi connectivity index (χ3n) is 4.06. The Morgan fingerprint density at radius 3 is 2.67 bits per heavy atom. The van der Waals surface area contributed by atoms with Crippen LogP contribution in [0.4, 0.5) is 5.13 Å². The van der Waals surface area contributed by atoms with E-state index < -0.39 is 5.97 Å². The highest BCUT2D eigenvalue weighted by molar-refractivity contribution is 7.17. The molecule has 1 heterocycles. The van der Waals surface area contributed by atoms with Crippen LogP contribution in [0.3, 0.4) is 0 Å². The van der Waals surface area contributed by atoms with Gasteiger partial charge in [0.15, 0.2) is 5.13 Å². The van der Waals surface area contributed by atoms with Crippen LogP contribution >= 0.6 is 11.3 Å². The largest absolute Gasteiger partial charge is 0.457 e. The van der Waals surface area contributed by atoms with Crippen molar-refractivity contribution in [1.29, 1.82) is 0 Å². The van der Waals surface area contributed by atoms with Crippen molar-refractivity contribution in [3.05, 3.63) is 46.5 Å². The first-order chi connectivity index (χ1) is 13.0. The van der Waals surface area contributed by atoms with Gasteiger partial charge in [-0.25, -0.2) is 9.78 Å². The van der Waals surface area contributed by atoms with Gasteiger partial charge < -0.3 is 15.0 Å². The van der Waals surface area contributed by atoms with Crippen LogP contribution in [0.5, 0.6) is 0 Å². The number of unbranched alkanes of at least 4 members (excludes halogenated alkanes) is 1. The van der Waals surface area contributed by atoms with E-state index >= 15 is 0 Å². The van der Waals surface area contributed by atoms with E-state index in [0.29, 0.717) is 28.7 Å². The number of aromatic nitrogens is 1. The lowest BCUT2D eigenvalue weighted by atomic mass is 10.2. The minimum atomic E-state index is -0.423. The maximum Gasteiger partial charge on any atom is 0.350 e. The van der Waals surface area contributed by atoms with Crippen LogP contribution in [0, 0.1) is 6.92 Å². The highest BCUT2D eigenvalue weighted by atomic mass is 32.1. The predicted molar refractivity (Wildman–Crippen MR) is 108 cm³/mol.